The molecule has 0 saturated heterocycles. The zero-order valence-corrected chi connectivity index (χ0v) is 6.57. The summed E-state index contributed by atoms with van der Waals surface area (Å²) in [5.41, 5.74) is 0.453. The Morgan fingerprint density at radius 1 is 1.82 bits per heavy atom. The third-order valence-electron chi connectivity index (χ3n) is 1.27. The van der Waals surface area contributed by atoms with E-state index in [1.807, 2.05) is 7.05 Å². The Morgan fingerprint density at radius 2 is 2.55 bits per heavy atom. The first-order chi connectivity index (χ1) is 5.24. The maximum absolute atomic E-state index is 11.1. The Kier molecular flexibility index (Phi) is 2.38. The summed E-state index contributed by atoms with van der Waals surface area (Å²) in [4.78, 5) is 14.9. The van der Waals surface area contributed by atoms with Crippen LogP contribution in [0.3, 0.4) is 0 Å². The van der Waals surface area contributed by atoms with Crippen LogP contribution in [0.1, 0.15) is 10.5 Å². The first kappa shape index (κ1) is 7.94. The van der Waals surface area contributed by atoms with Gasteiger partial charge in [0.1, 0.15) is 12.3 Å². The molecule has 0 unspecified atom stereocenters. The first-order valence-corrected chi connectivity index (χ1v) is 3.24. The summed E-state index contributed by atoms with van der Waals surface area (Å²) in [5, 5.41) is 0. The number of ketones is 1. The number of hydrogen-bond acceptors (Lipinski definition) is 3. The molecule has 1 aromatic rings. The lowest BCUT2D eigenvalue weighted by Gasteiger charge is -1.92. The molecular formula is C7H10N2O2. The Morgan fingerprint density at radius 3 is 3.00 bits per heavy atom. The van der Waals surface area contributed by atoms with Crippen LogP contribution in [-0.4, -0.2) is 29.1 Å². The van der Waals surface area contributed by atoms with E-state index in [9.17, 15) is 4.79 Å². The van der Waals surface area contributed by atoms with Crippen molar-refractivity contribution in [1.82, 2.24) is 9.55 Å². The number of Topliss-reactive ketones (excluding diaryl/α,β-unsaturated/α-hetero) is 1. The van der Waals surface area contributed by atoms with Crippen molar-refractivity contribution in [2.45, 2.75) is 0 Å². The van der Waals surface area contributed by atoms with E-state index >= 15 is 0 Å². The van der Waals surface area contributed by atoms with Crippen LogP contribution >= 0.6 is 0 Å². The van der Waals surface area contributed by atoms with Gasteiger partial charge in [0.05, 0.1) is 6.33 Å². The molecular weight excluding hydrogens is 144 g/mol. The van der Waals surface area contributed by atoms with E-state index in [2.05, 4.69) is 9.72 Å². The number of imidazole rings is 1. The average Bonchev–Trinajstić information content (AvgIpc) is 2.36. The lowest BCUT2D eigenvalue weighted by Crippen LogP contribution is -2.06. The van der Waals surface area contributed by atoms with Crippen LogP contribution in [0.2, 0.25) is 0 Å². The molecule has 0 aliphatic carbocycles. The Bertz CT molecular complexity index is 255. The fourth-order valence-electron chi connectivity index (χ4n) is 0.762. The van der Waals surface area contributed by atoms with E-state index in [1.54, 1.807) is 17.1 Å². The van der Waals surface area contributed by atoms with Crippen molar-refractivity contribution in [3.63, 3.8) is 0 Å². The number of aromatic nitrogens is 2. The molecule has 0 saturated carbocycles. The Balaban J connectivity index is 2.69. The standard InChI is InChI=1S/C7H10N2O2/c1-9-3-6(8-5-9)7(10)4-11-2/h3,5H,4H2,1-2H3. The summed E-state index contributed by atoms with van der Waals surface area (Å²) in [6, 6.07) is 0. The van der Waals surface area contributed by atoms with E-state index in [1.165, 1.54) is 7.11 Å². The van der Waals surface area contributed by atoms with Gasteiger partial charge in [-0.15, -0.1) is 0 Å². The molecule has 11 heavy (non-hydrogen) atoms. The van der Waals surface area contributed by atoms with Gasteiger partial charge in [-0.1, -0.05) is 0 Å². The van der Waals surface area contributed by atoms with E-state index in [0.29, 0.717) is 5.69 Å². The number of methoxy groups -OCH3 is 1. The maximum Gasteiger partial charge on any atom is 0.208 e. The largest absolute Gasteiger partial charge is 0.376 e. The normalized spacial score (nSPS) is 10.0. The van der Waals surface area contributed by atoms with Crippen molar-refractivity contribution in [2.75, 3.05) is 13.7 Å². The summed E-state index contributed by atoms with van der Waals surface area (Å²) in [6.07, 6.45) is 3.25. The fraction of sp³-hybridized carbons (Fsp3) is 0.429. The third kappa shape index (κ3) is 1.88. The molecule has 4 nitrogen and oxygen atoms in total. The minimum absolute atomic E-state index is 0.0897. The van der Waals surface area contributed by atoms with Crippen LogP contribution in [0.25, 0.3) is 0 Å². The second-order valence-corrected chi connectivity index (χ2v) is 2.28. The van der Waals surface area contributed by atoms with Crippen molar-refractivity contribution >= 4 is 5.78 Å². The topological polar surface area (TPSA) is 44.1 Å². The lowest BCUT2D eigenvalue weighted by atomic mass is 10.3. The molecule has 0 radical (unpaired) electrons. The minimum Gasteiger partial charge on any atom is -0.376 e. The summed E-state index contributed by atoms with van der Waals surface area (Å²) in [5.74, 6) is -0.0897. The first-order valence-electron chi connectivity index (χ1n) is 3.24. The molecule has 4 heteroatoms. The van der Waals surface area contributed by atoms with E-state index in [-0.39, 0.29) is 12.4 Å². The van der Waals surface area contributed by atoms with E-state index in [0.717, 1.165) is 0 Å². The number of ether oxygens (including phenoxy) is 1. The van der Waals surface area contributed by atoms with Gasteiger partial charge in [0.25, 0.3) is 0 Å². The van der Waals surface area contributed by atoms with Crippen molar-refractivity contribution in [3.05, 3.63) is 18.2 Å². The summed E-state index contributed by atoms with van der Waals surface area (Å²) < 4.78 is 6.39. The van der Waals surface area contributed by atoms with Crippen molar-refractivity contribution < 1.29 is 9.53 Å². The molecule has 0 spiro atoms. The van der Waals surface area contributed by atoms with Crippen LogP contribution in [0, 0.1) is 0 Å². The van der Waals surface area contributed by atoms with Crippen LogP contribution in [0.15, 0.2) is 12.5 Å². The average molecular weight is 154 g/mol. The highest BCUT2D eigenvalue weighted by Crippen LogP contribution is 1.95. The summed E-state index contributed by atoms with van der Waals surface area (Å²) in [6.45, 7) is 0.0943. The van der Waals surface area contributed by atoms with Gasteiger partial charge in [0.15, 0.2) is 0 Å². The van der Waals surface area contributed by atoms with Gasteiger partial charge >= 0.3 is 0 Å². The zero-order valence-electron chi connectivity index (χ0n) is 6.57. The highest BCUT2D eigenvalue weighted by molar-refractivity contribution is 5.95. The SMILES string of the molecule is COCC(=O)c1cn(C)cn1. The summed E-state index contributed by atoms with van der Waals surface area (Å²) >= 11 is 0. The number of rotatable bonds is 3. The van der Waals surface area contributed by atoms with Gasteiger partial charge in [-0.2, -0.15) is 0 Å². The molecule has 0 aliphatic rings. The molecule has 0 aromatic carbocycles. The number of hydrogen-bond donors (Lipinski definition) is 0. The predicted molar refractivity (Wildman–Crippen MR) is 39.4 cm³/mol. The molecule has 1 rings (SSSR count). The fourth-order valence-corrected chi connectivity index (χ4v) is 0.762. The van der Waals surface area contributed by atoms with Gasteiger partial charge in [0, 0.05) is 20.4 Å². The van der Waals surface area contributed by atoms with Gasteiger partial charge in [-0.3, -0.25) is 4.79 Å². The smallest absolute Gasteiger partial charge is 0.208 e. The van der Waals surface area contributed by atoms with Gasteiger partial charge in [-0.05, 0) is 0 Å². The quantitative estimate of drug-likeness (QED) is 0.586. The second kappa shape index (κ2) is 3.30. The van der Waals surface area contributed by atoms with Crippen LogP contribution < -0.4 is 0 Å². The molecule has 0 aliphatic heterocycles. The predicted octanol–water partition coefficient (Wildman–Crippen LogP) is 0.249. The number of nitrogens with zero attached hydrogens (tertiary/aromatic N) is 2. The van der Waals surface area contributed by atoms with Crippen LogP contribution in [0.4, 0.5) is 0 Å². The second-order valence-electron chi connectivity index (χ2n) is 2.28. The monoisotopic (exact) mass is 154 g/mol. The Labute approximate surface area is 64.8 Å². The van der Waals surface area contributed by atoms with Crippen LogP contribution in [-0.2, 0) is 11.8 Å². The molecule has 60 valence electrons. The number of carbonyl (C=O) groups is 1. The molecule has 0 amide bonds. The van der Waals surface area contributed by atoms with Crippen molar-refractivity contribution in [1.29, 1.82) is 0 Å². The molecule has 0 fully saturated rings. The lowest BCUT2D eigenvalue weighted by molar-refractivity contribution is 0.0843. The number of aryl methyl sites for hydroxylation is 1. The van der Waals surface area contributed by atoms with Gasteiger partial charge in [-0.25, -0.2) is 4.98 Å². The highest BCUT2D eigenvalue weighted by atomic mass is 16.5. The van der Waals surface area contributed by atoms with Crippen molar-refractivity contribution in [3.8, 4) is 0 Å². The van der Waals surface area contributed by atoms with Gasteiger partial charge in [0.2, 0.25) is 5.78 Å². The molecule has 0 bridgehead atoms. The summed E-state index contributed by atoms with van der Waals surface area (Å²) in [7, 11) is 3.30. The van der Waals surface area contributed by atoms with Gasteiger partial charge < -0.3 is 9.30 Å². The Hall–Kier alpha value is -1.16. The van der Waals surface area contributed by atoms with Crippen molar-refractivity contribution in [2.24, 2.45) is 7.05 Å². The molecule has 0 N–H and O–H groups in total. The van der Waals surface area contributed by atoms with E-state index in [4.69, 9.17) is 0 Å². The molecule has 1 heterocycles. The zero-order chi connectivity index (χ0) is 8.27. The van der Waals surface area contributed by atoms with E-state index < -0.39 is 0 Å². The molecule has 1 aromatic heterocycles. The minimum atomic E-state index is -0.0897. The highest BCUT2D eigenvalue weighted by Gasteiger charge is 2.06. The maximum atomic E-state index is 11.1. The molecule has 0 atom stereocenters. The third-order valence-corrected chi connectivity index (χ3v) is 1.27. The number of carbonyl (C=O) groups excluding carboxylic acids is 1. The van der Waals surface area contributed by atoms with Crippen LogP contribution in [0.5, 0.6) is 0 Å².